The zero-order valence-corrected chi connectivity index (χ0v) is 50.9. The van der Waals surface area contributed by atoms with Crippen LogP contribution in [-0.4, -0.2) is 111 Å². The van der Waals surface area contributed by atoms with Crippen LogP contribution in [0.1, 0.15) is 57.3 Å². The minimum atomic E-state index is -5.08. The van der Waals surface area contributed by atoms with Gasteiger partial charge in [0.1, 0.15) is 34.0 Å². The van der Waals surface area contributed by atoms with Crippen LogP contribution < -0.4 is 20.6 Å². The molecule has 0 saturated carbocycles. The van der Waals surface area contributed by atoms with E-state index in [4.69, 9.17) is 19.4 Å². The van der Waals surface area contributed by atoms with Crippen molar-refractivity contribution in [2.45, 2.75) is 74.4 Å². The van der Waals surface area contributed by atoms with Gasteiger partial charge in [-0.1, -0.05) is 36.4 Å². The highest BCUT2D eigenvalue weighted by Gasteiger charge is 2.38. The maximum absolute atomic E-state index is 13.8. The molecule has 0 spiro atoms. The molecule has 6 aromatic heterocycles. The molecule has 0 atom stereocenters. The fraction of sp³-hybridized carbons (Fsp3) is 0.271. The maximum atomic E-state index is 13.8. The van der Waals surface area contributed by atoms with E-state index >= 15 is 0 Å². The first-order chi connectivity index (χ1) is 41.2. The summed E-state index contributed by atoms with van der Waals surface area (Å²) in [7, 11) is 8.21. The van der Waals surface area contributed by atoms with Crippen LogP contribution in [0.2, 0.25) is 0 Å². The van der Waals surface area contributed by atoms with E-state index in [0.717, 1.165) is 136 Å². The predicted molar refractivity (Wildman–Crippen MR) is 344 cm³/mol. The highest BCUT2D eigenvalue weighted by atomic mass is 19.4. The molecule has 0 aliphatic heterocycles. The summed E-state index contributed by atoms with van der Waals surface area (Å²) in [6, 6.07) is 32.7. The number of fused-ring (bicyclic) bond motifs is 14. The van der Waals surface area contributed by atoms with Gasteiger partial charge < -0.3 is 53.4 Å². The summed E-state index contributed by atoms with van der Waals surface area (Å²) in [6.07, 6.45) is 0.680. The third kappa shape index (κ3) is 11.8. The van der Waals surface area contributed by atoms with E-state index in [9.17, 15) is 33.0 Å². The van der Waals surface area contributed by atoms with E-state index in [0.29, 0.717) is 29.8 Å². The number of nitrogens with zero attached hydrogens (tertiary/aromatic N) is 4. The average Bonchev–Trinajstić information content (AvgIpc) is 1.58. The number of aliphatic carboxylic acids is 1. The quantitative estimate of drug-likeness (QED) is 0.0740. The Labute approximate surface area is 500 Å². The number of halogens is 3. The Balaban J connectivity index is 0.000000174. The van der Waals surface area contributed by atoms with E-state index in [1.807, 2.05) is 81.9 Å². The molecule has 12 rings (SSSR count). The molecule has 0 unspecified atom stereocenters. The summed E-state index contributed by atoms with van der Waals surface area (Å²) >= 11 is 0. The van der Waals surface area contributed by atoms with Gasteiger partial charge >= 0.3 is 12.1 Å². The van der Waals surface area contributed by atoms with Crippen molar-refractivity contribution in [2.75, 3.05) is 54.5 Å². The number of aromatic amines is 2. The van der Waals surface area contributed by atoms with Crippen LogP contribution in [0.3, 0.4) is 0 Å². The van der Waals surface area contributed by atoms with Gasteiger partial charge in [-0.25, -0.2) is 4.79 Å². The number of rotatable bonds is 12. The van der Waals surface area contributed by atoms with E-state index in [1.165, 1.54) is 27.6 Å². The largest absolute Gasteiger partial charge is 0.508 e. The molecule has 17 heteroatoms. The molecule has 12 aromatic rings. The Kier molecular flexibility index (Phi) is 16.7. The lowest BCUT2D eigenvalue weighted by Crippen LogP contribution is -2.21. The van der Waals surface area contributed by atoms with E-state index < -0.39 is 12.1 Å². The van der Waals surface area contributed by atoms with Crippen LogP contribution in [0.15, 0.2) is 119 Å². The van der Waals surface area contributed by atoms with Crippen molar-refractivity contribution in [3.8, 4) is 45.3 Å². The number of aryl methyl sites for hydroxylation is 8. The summed E-state index contributed by atoms with van der Waals surface area (Å²) in [6.45, 7) is 19.5. The van der Waals surface area contributed by atoms with Gasteiger partial charge in [0.05, 0.1) is 35.3 Å². The summed E-state index contributed by atoms with van der Waals surface area (Å²) in [5, 5.41) is 36.1. The summed E-state index contributed by atoms with van der Waals surface area (Å²) in [5.74, 6) is -0.782. The number of hydrogen-bond donors (Lipinski definition) is 5. The minimum Gasteiger partial charge on any atom is -0.508 e. The van der Waals surface area contributed by atoms with Crippen LogP contribution in [0.25, 0.3) is 98.4 Å². The van der Waals surface area contributed by atoms with Crippen molar-refractivity contribution in [1.82, 2.24) is 28.6 Å². The number of carboxylic acids is 1. The zero-order valence-electron chi connectivity index (χ0n) is 50.9. The lowest BCUT2D eigenvalue weighted by atomic mass is 9.94. The number of pyridine rings is 4. The number of aromatic nitrogens is 4. The number of alkyl halides is 3. The molecule has 0 fully saturated rings. The van der Waals surface area contributed by atoms with E-state index in [-0.39, 0.29) is 22.6 Å². The van der Waals surface area contributed by atoms with E-state index in [2.05, 4.69) is 128 Å². The third-order valence-electron chi connectivity index (χ3n) is 16.4. The second-order valence-electron chi connectivity index (χ2n) is 23.4. The number of phenolic OH excluding ortho intramolecular Hbond substituents is 2. The van der Waals surface area contributed by atoms with Crippen LogP contribution in [0.4, 0.5) is 13.2 Å². The second kappa shape index (κ2) is 23.9. The summed E-state index contributed by atoms with van der Waals surface area (Å²) in [5.41, 5.74) is 16.7. The Morgan fingerprint density at radius 1 is 0.494 bits per heavy atom. The SMILES string of the molecule is Cc1ccc(-c2c3c4cc(C)c(OCCCN(C)C)cc4[nH]c(=O)c3n3ccc4cc(C)c(C)cc4c23)cc1C.Cc1ccc(-c2c3c4cc(C)c(OCCCN(C)C)cc4[nH]c(=O)c3n3ccc4cc(O)c(C)cc4c23)cc1O.O=C(O)C(F)(F)F. The van der Waals surface area contributed by atoms with Crippen molar-refractivity contribution in [3.05, 3.63) is 175 Å². The number of hydrogen-bond acceptors (Lipinski definition) is 9. The van der Waals surface area contributed by atoms with Crippen LogP contribution in [0, 0.1) is 55.4 Å². The molecule has 450 valence electrons. The Bertz CT molecular complexity index is 4570. The smallest absolute Gasteiger partial charge is 0.490 e. The number of H-pyrrole nitrogens is 2. The average molecular weight is 1180 g/mol. The molecular weight excluding hydrogens is 1110 g/mol. The first-order valence-corrected chi connectivity index (χ1v) is 28.8. The summed E-state index contributed by atoms with van der Waals surface area (Å²) in [4.78, 5) is 47.1. The third-order valence-corrected chi connectivity index (χ3v) is 16.4. The number of ether oxygens (including phenoxy) is 2. The first-order valence-electron chi connectivity index (χ1n) is 28.8. The number of carboxylic acid groups (broad SMARTS) is 1. The molecule has 0 radical (unpaired) electrons. The monoisotopic (exact) mass is 1180 g/mol. The first kappa shape index (κ1) is 60.8. The molecule has 0 aliphatic rings. The van der Waals surface area contributed by atoms with Gasteiger partial charge in [0, 0.05) is 81.1 Å². The highest BCUT2D eigenvalue weighted by Crippen LogP contribution is 2.45. The topological polar surface area (TPSA) is 177 Å². The fourth-order valence-corrected chi connectivity index (χ4v) is 11.5. The van der Waals surface area contributed by atoms with Gasteiger partial charge in [0.15, 0.2) is 0 Å². The van der Waals surface area contributed by atoms with Gasteiger partial charge in [0.25, 0.3) is 11.1 Å². The molecule has 0 bridgehead atoms. The van der Waals surface area contributed by atoms with Crippen LogP contribution >= 0.6 is 0 Å². The van der Waals surface area contributed by atoms with Gasteiger partial charge in [-0.2, -0.15) is 13.2 Å². The number of carbonyl (C=O) groups is 1. The van der Waals surface area contributed by atoms with Gasteiger partial charge in [-0.15, -0.1) is 0 Å². The standard InChI is InChI=1S/C35H37N3O2.C33H33N3O4.C2HF3O2/c1-20-9-10-26(16-21(20)2)31-32-28-18-24(5)30(40-14-8-12-37(6)7)19-29(28)36-35(39)34(32)38-13-11-25-15-22(3)23(4)17-27(25)33(31)38;1-18-7-8-22(16-26(18)37)29-30-24-14-20(3)28(40-12-6-10-35(4)5)17-25(24)34-33(39)32(30)36-11-9-21-15-27(38)19(2)13-23(21)31(29)36;3-2(4,5)1(6)7/h9-11,13,15-19H,8,12,14H2,1-7H3,(H,36,39);7-9,11,13-17,37-38H,6,10,12H2,1-5H3,(H,34,39);(H,6,7). The van der Waals surface area contributed by atoms with E-state index in [1.54, 1.807) is 12.1 Å². The number of nitrogens with one attached hydrogen (secondary N) is 2. The van der Waals surface area contributed by atoms with Gasteiger partial charge in [0.2, 0.25) is 0 Å². The van der Waals surface area contributed by atoms with Crippen molar-refractivity contribution in [3.63, 3.8) is 0 Å². The minimum absolute atomic E-state index is 0.0989. The molecule has 0 aliphatic carbocycles. The Hall–Kier alpha value is -9.32. The van der Waals surface area contributed by atoms with Crippen molar-refractivity contribution in [1.29, 1.82) is 0 Å². The molecule has 14 nitrogen and oxygen atoms in total. The Morgan fingerprint density at radius 2 is 0.897 bits per heavy atom. The zero-order chi connectivity index (χ0) is 62.7. The lowest BCUT2D eigenvalue weighted by Gasteiger charge is -2.13. The van der Waals surface area contributed by atoms with Gasteiger partial charge in [-0.3, -0.25) is 9.59 Å². The Morgan fingerprint density at radius 3 is 1.34 bits per heavy atom. The molecule has 6 heterocycles. The number of benzene rings is 6. The predicted octanol–water partition coefficient (Wildman–Crippen LogP) is 14.7. The fourth-order valence-electron chi connectivity index (χ4n) is 11.5. The number of aromatic hydroxyl groups is 2. The molecule has 87 heavy (non-hydrogen) atoms. The van der Waals surface area contributed by atoms with Gasteiger partial charge in [-0.05, 0) is 211 Å². The second-order valence-corrected chi connectivity index (χ2v) is 23.4. The molecule has 6 aromatic carbocycles. The lowest BCUT2D eigenvalue weighted by molar-refractivity contribution is -0.192. The summed E-state index contributed by atoms with van der Waals surface area (Å²) < 4.78 is 48.1. The van der Waals surface area contributed by atoms with Crippen LogP contribution in [0.5, 0.6) is 23.0 Å². The van der Waals surface area contributed by atoms with Crippen molar-refractivity contribution in [2.24, 2.45) is 0 Å². The normalized spacial score (nSPS) is 11.9. The maximum Gasteiger partial charge on any atom is 0.490 e. The van der Waals surface area contributed by atoms with Crippen molar-refractivity contribution >= 4 is 82.2 Å². The van der Waals surface area contributed by atoms with Crippen LogP contribution in [-0.2, 0) is 4.79 Å². The van der Waals surface area contributed by atoms with Crippen molar-refractivity contribution < 1.29 is 42.8 Å². The highest BCUT2D eigenvalue weighted by molar-refractivity contribution is 6.23. The molecule has 0 saturated heterocycles. The molecule has 0 amide bonds. The molecule has 5 N–H and O–H groups in total. The molecular formula is C70H71F3N6O8. The number of phenols is 2.